The number of methoxy groups -OCH3 is 2. The van der Waals surface area contributed by atoms with Crippen LogP contribution >= 0.6 is 0 Å². The first kappa shape index (κ1) is 16.8. The van der Waals surface area contributed by atoms with Crippen molar-refractivity contribution < 1.29 is 14.2 Å². The molecule has 4 rings (SSSR count). The number of ether oxygens (including phenoxy) is 3. The summed E-state index contributed by atoms with van der Waals surface area (Å²) in [6.07, 6.45) is 0. The minimum atomic E-state index is 0.426. The Morgan fingerprint density at radius 3 is 1.81 bits per heavy atom. The Bertz CT molecular complexity index is 1060. The summed E-state index contributed by atoms with van der Waals surface area (Å²) in [7, 11) is 3.20. The average Bonchev–Trinajstić information content (AvgIpc) is 2.73. The highest BCUT2D eigenvalue weighted by Gasteiger charge is 2.14. The van der Waals surface area contributed by atoms with Gasteiger partial charge in [-0.1, -0.05) is 42.5 Å². The van der Waals surface area contributed by atoms with Crippen molar-refractivity contribution in [2.45, 2.75) is 0 Å². The van der Waals surface area contributed by atoms with Crippen LogP contribution in [0.15, 0.2) is 72.8 Å². The summed E-state index contributed by atoms with van der Waals surface area (Å²) in [5.74, 6) is 2.27. The molecule has 3 aromatic carbocycles. The highest BCUT2D eigenvalue weighted by molar-refractivity contribution is 5.79. The molecule has 27 heavy (non-hydrogen) atoms. The second-order valence-corrected chi connectivity index (χ2v) is 5.88. The fourth-order valence-electron chi connectivity index (χ4n) is 2.79. The van der Waals surface area contributed by atoms with Gasteiger partial charge < -0.3 is 14.2 Å². The molecular formula is C22H18N2O3. The molecular weight excluding hydrogens is 340 g/mol. The van der Waals surface area contributed by atoms with Gasteiger partial charge >= 0.3 is 0 Å². The molecule has 0 saturated carbocycles. The van der Waals surface area contributed by atoms with Crippen LogP contribution in [0.3, 0.4) is 0 Å². The lowest BCUT2D eigenvalue weighted by molar-refractivity contribution is 0.385. The van der Waals surface area contributed by atoms with Gasteiger partial charge in [-0.25, -0.2) is 9.97 Å². The molecule has 5 heteroatoms. The summed E-state index contributed by atoms with van der Waals surface area (Å²) < 4.78 is 16.8. The SMILES string of the molecule is COc1cc(OC)cc(Oc2nc3ccccc3nc2-c2ccccc2)c1. The predicted molar refractivity (Wildman–Crippen MR) is 105 cm³/mol. The van der Waals surface area contributed by atoms with E-state index in [0.29, 0.717) is 28.8 Å². The van der Waals surface area contributed by atoms with Crippen LogP contribution in [-0.2, 0) is 0 Å². The third-order valence-electron chi connectivity index (χ3n) is 4.13. The quantitative estimate of drug-likeness (QED) is 0.496. The zero-order chi connectivity index (χ0) is 18.6. The molecule has 0 fully saturated rings. The van der Waals surface area contributed by atoms with Gasteiger partial charge in [-0.15, -0.1) is 0 Å². The maximum Gasteiger partial charge on any atom is 0.246 e. The standard InChI is InChI=1S/C22H18N2O3/c1-25-16-12-17(26-2)14-18(13-16)27-22-21(15-8-4-3-5-9-15)23-19-10-6-7-11-20(19)24-22/h3-14H,1-2H3. The van der Waals surface area contributed by atoms with Crippen molar-refractivity contribution in [3.63, 3.8) is 0 Å². The molecule has 0 aliphatic heterocycles. The highest BCUT2D eigenvalue weighted by Crippen LogP contribution is 2.35. The molecule has 4 aromatic rings. The molecule has 134 valence electrons. The predicted octanol–water partition coefficient (Wildman–Crippen LogP) is 5.11. The van der Waals surface area contributed by atoms with E-state index in [0.717, 1.165) is 16.6 Å². The largest absolute Gasteiger partial charge is 0.496 e. The Hall–Kier alpha value is -3.60. The number of hydrogen-bond donors (Lipinski definition) is 0. The van der Waals surface area contributed by atoms with E-state index in [9.17, 15) is 0 Å². The fourth-order valence-corrected chi connectivity index (χ4v) is 2.79. The maximum absolute atomic E-state index is 6.12. The van der Waals surface area contributed by atoms with E-state index in [2.05, 4.69) is 0 Å². The van der Waals surface area contributed by atoms with Crippen LogP contribution in [0.2, 0.25) is 0 Å². The number of nitrogens with zero attached hydrogens (tertiary/aromatic N) is 2. The van der Waals surface area contributed by atoms with Crippen LogP contribution in [0.4, 0.5) is 0 Å². The molecule has 0 bridgehead atoms. The molecule has 1 heterocycles. The van der Waals surface area contributed by atoms with Gasteiger partial charge in [0.15, 0.2) is 0 Å². The Morgan fingerprint density at radius 2 is 1.19 bits per heavy atom. The number of aromatic nitrogens is 2. The van der Waals surface area contributed by atoms with Gasteiger partial charge in [0.2, 0.25) is 5.88 Å². The van der Waals surface area contributed by atoms with Crippen LogP contribution in [0, 0.1) is 0 Å². The van der Waals surface area contributed by atoms with Crippen molar-refractivity contribution in [2.24, 2.45) is 0 Å². The lowest BCUT2D eigenvalue weighted by Crippen LogP contribution is -1.97. The van der Waals surface area contributed by atoms with Crippen molar-refractivity contribution >= 4 is 11.0 Å². The summed E-state index contributed by atoms with van der Waals surface area (Å²) in [4.78, 5) is 9.47. The summed E-state index contributed by atoms with van der Waals surface area (Å²) in [5.41, 5.74) is 3.19. The second kappa shape index (κ2) is 7.33. The molecule has 0 radical (unpaired) electrons. The highest BCUT2D eigenvalue weighted by atomic mass is 16.5. The summed E-state index contributed by atoms with van der Waals surface area (Å²) >= 11 is 0. The number of para-hydroxylation sites is 2. The van der Waals surface area contributed by atoms with Gasteiger partial charge in [0, 0.05) is 23.8 Å². The molecule has 0 unspecified atom stereocenters. The zero-order valence-electron chi connectivity index (χ0n) is 15.0. The third kappa shape index (κ3) is 3.53. The molecule has 0 aliphatic rings. The van der Waals surface area contributed by atoms with Crippen molar-refractivity contribution in [2.75, 3.05) is 14.2 Å². The third-order valence-corrected chi connectivity index (χ3v) is 4.13. The monoisotopic (exact) mass is 358 g/mol. The molecule has 0 spiro atoms. The number of rotatable bonds is 5. The fraction of sp³-hybridized carbons (Fsp3) is 0.0909. The van der Waals surface area contributed by atoms with Gasteiger partial charge in [-0.3, -0.25) is 0 Å². The molecule has 0 saturated heterocycles. The van der Waals surface area contributed by atoms with Gasteiger partial charge in [-0.05, 0) is 12.1 Å². The first-order valence-corrected chi connectivity index (χ1v) is 8.50. The van der Waals surface area contributed by atoms with Crippen LogP contribution in [0.25, 0.3) is 22.3 Å². The lowest BCUT2D eigenvalue weighted by Gasteiger charge is -2.13. The first-order valence-electron chi connectivity index (χ1n) is 8.50. The van der Waals surface area contributed by atoms with E-state index in [1.54, 1.807) is 32.4 Å². The average molecular weight is 358 g/mol. The van der Waals surface area contributed by atoms with Crippen LogP contribution in [-0.4, -0.2) is 24.2 Å². The summed E-state index contributed by atoms with van der Waals surface area (Å²) in [5, 5.41) is 0. The molecule has 5 nitrogen and oxygen atoms in total. The van der Waals surface area contributed by atoms with E-state index in [1.165, 1.54) is 0 Å². The van der Waals surface area contributed by atoms with Crippen LogP contribution in [0.5, 0.6) is 23.1 Å². The van der Waals surface area contributed by atoms with Crippen molar-refractivity contribution in [3.8, 4) is 34.4 Å². The normalized spacial score (nSPS) is 10.6. The van der Waals surface area contributed by atoms with Crippen molar-refractivity contribution in [3.05, 3.63) is 72.8 Å². The Labute approximate surface area is 157 Å². The van der Waals surface area contributed by atoms with Gasteiger partial charge in [0.25, 0.3) is 0 Å². The Morgan fingerprint density at radius 1 is 0.630 bits per heavy atom. The molecule has 0 atom stereocenters. The van der Waals surface area contributed by atoms with Crippen LogP contribution in [0.1, 0.15) is 0 Å². The molecule has 0 aliphatic carbocycles. The van der Waals surface area contributed by atoms with E-state index in [4.69, 9.17) is 24.2 Å². The number of fused-ring (bicyclic) bond motifs is 1. The van der Waals surface area contributed by atoms with E-state index in [1.807, 2.05) is 54.6 Å². The molecule has 1 aromatic heterocycles. The number of benzene rings is 3. The van der Waals surface area contributed by atoms with Gasteiger partial charge in [-0.2, -0.15) is 0 Å². The van der Waals surface area contributed by atoms with E-state index >= 15 is 0 Å². The van der Waals surface area contributed by atoms with Gasteiger partial charge in [0.05, 0.1) is 25.3 Å². The van der Waals surface area contributed by atoms with Gasteiger partial charge in [0.1, 0.15) is 22.9 Å². The van der Waals surface area contributed by atoms with E-state index in [-0.39, 0.29) is 0 Å². The Kier molecular flexibility index (Phi) is 4.58. The van der Waals surface area contributed by atoms with E-state index < -0.39 is 0 Å². The Balaban J connectivity index is 1.85. The molecule has 0 amide bonds. The minimum absolute atomic E-state index is 0.426. The molecule has 0 N–H and O–H groups in total. The second-order valence-electron chi connectivity index (χ2n) is 5.88. The lowest BCUT2D eigenvalue weighted by atomic mass is 10.1. The number of hydrogen-bond acceptors (Lipinski definition) is 5. The first-order chi connectivity index (χ1) is 13.3. The van der Waals surface area contributed by atoms with Crippen molar-refractivity contribution in [1.82, 2.24) is 9.97 Å². The maximum atomic E-state index is 6.12. The topological polar surface area (TPSA) is 53.5 Å². The van der Waals surface area contributed by atoms with Crippen LogP contribution < -0.4 is 14.2 Å². The summed E-state index contributed by atoms with van der Waals surface area (Å²) in [6, 6.07) is 22.9. The van der Waals surface area contributed by atoms with Crippen molar-refractivity contribution in [1.29, 1.82) is 0 Å². The summed E-state index contributed by atoms with van der Waals surface area (Å²) in [6.45, 7) is 0. The zero-order valence-corrected chi connectivity index (χ0v) is 15.0. The smallest absolute Gasteiger partial charge is 0.246 e. The minimum Gasteiger partial charge on any atom is -0.496 e.